The third kappa shape index (κ3) is 3.05. The molecular weight excluding hydrogens is 262 g/mol. The molecule has 4 heteroatoms. The van der Waals surface area contributed by atoms with Crippen molar-refractivity contribution in [3.8, 4) is 0 Å². The fraction of sp³-hybridized carbons (Fsp3) is 0.412. The molecule has 1 unspecified atom stereocenters. The van der Waals surface area contributed by atoms with E-state index >= 15 is 0 Å². The Morgan fingerprint density at radius 1 is 1.29 bits per heavy atom. The van der Waals surface area contributed by atoms with Crippen molar-refractivity contribution < 1.29 is 4.74 Å². The SMILES string of the molecule is CCCNC(C1=COCCC1)c1cccc2nccnc12. The van der Waals surface area contributed by atoms with Crippen LogP contribution in [0.1, 0.15) is 37.8 Å². The molecule has 1 aliphatic rings. The van der Waals surface area contributed by atoms with Crippen LogP contribution in [-0.2, 0) is 4.74 Å². The molecule has 1 aromatic carbocycles. The van der Waals surface area contributed by atoms with Crippen molar-refractivity contribution in [2.45, 2.75) is 32.2 Å². The number of para-hydroxylation sites is 1. The van der Waals surface area contributed by atoms with Gasteiger partial charge in [-0.2, -0.15) is 0 Å². The average molecular weight is 283 g/mol. The fourth-order valence-corrected chi connectivity index (χ4v) is 2.77. The van der Waals surface area contributed by atoms with Crippen molar-refractivity contribution in [3.05, 3.63) is 48.0 Å². The third-order valence-corrected chi connectivity index (χ3v) is 3.77. The van der Waals surface area contributed by atoms with Crippen LogP contribution in [0, 0.1) is 0 Å². The molecule has 3 rings (SSSR count). The van der Waals surface area contributed by atoms with Crippen molar-refractivity contribution in [2.75, 3.05) is 13.2 Å². The largest absolute Gasteiger partial charge is 0.501 e. The summed E-state index contributed by atoms with van der Waals surface area (Å²) in [6.45, 7) is 3.97. The summed E-state index contributed by atoms with van der Waals surface area (Å²) in [4.78, 5) is 8.94. The normalized spacial score (nSPS) is 16.3. The van der Waals surface area contributed by atoms with Crippen molar-refractivity contribution in [2.24, 2.45) is 0 Å². The van der Waals surface area contributed by atoms with Gasteiger partial charge in [0.05, 0.1) is 29.9 Å². The molecule has 1 aromatic heterocycles. The van der Waals surface area contributed by atoms with E-state index in [9.17, 15) is 0 Å². The summed E-state index contributed by atoms with van der Waals surface area (Å²) in [6.07, 6.45) is 8.66. The zero-order chi connectivity index (χ0) is 14.5. The first-order chi connectivity index (χ1) is 10.4. The number of hydrogen-bond donors (Lipinski definition) is 1. The maximum atomic E-state index is 5.54. The van der Waals surface area contributed by atoms with Crippen LogP contribution in [0.5, 0.6) is 0 Å². The minimum absolute atomic E-state index is 0.158. The maximum Gasteiger partial charge on any atom is 0.0937 e. The molecule has 2 aromatic rings. The summed E-state index contributed by atoms with van der Waals surface area (Å²) >= 11 is 0. The average Bonchev–Trinajstić information content (AvgIpc) is 2.56. The van der Waals surface area contributed by atoms with Gasteiger partial charge in [-0.15, -0.1) is 0 Å². The van der Waals surface area contributed by atoms with E-state index in [1.165, 1.54) is 11.1 Å². The Morgan fingerprint density at radius 2 is 2.19 bits per heavy atom. The van der Waals surface area contributed by atoms with Gasteiger partial charge in [0.2, 0.25) is 0 Å². The van der Waals surface area contributed by atoms with E-state index in [1.54, 1.807) is 12.4 Å². The minimum Gasteiger partial charge on any atom is -0.501 e. The number of aromatic nitrogens is 2. The topological polar surface area (TPSA) is 47.0 Å². The molecule has 0 saturated carbocycles. The summed E-state index contributed by atoms with van der Waals surface area (Å²) in [5.41, 5.74) is 4.40. The molecule has 0 spiro atoms. The van der Waals surface area contributed by atoms with Gasteiger partial charge in [-0.05, 0) is 37.4 Å². The van der Waals surface area contributed by atoms with Gasteiger partial charge in [0, 0.05) is 18.0 Å². The molecule has 0 radical (unpaired) electrons. The summed E-state index contributed by atoms with van der Waals surface area (Å²) in [7, 11) is 0. The van der Waals surface area contributed by atoms with E-state index in [4.69, 9.17) is 4.74 Å². The van der Waals surface area contributed by atoms with Gasteiger partial charge in [0.15, 0.2) is 0 Å². The number of hydrogen-bond acceptors (Lipinski definition) is 4. The van der Waals surface area contributed by atoms with Crippen LogP contribution >= 0.6 is 0 Å². The molecule has 21 heavy (non-hydrogen) atoms. The molecule has 110 valence electrons. The lowest BCUT2D eigenvalue weighted by atomic mass is 9.94. The molecule has 0 bridgehead atoms. The fourth-order valence-electron chi connectivity index (χ4n) is 2.77. The van der Waals surface area contributed by atoms with Crippen LogP contribution < -0.4 is 5.32 Å². The maximum absolute atomic E-state index is 5.54. The number of fused-ring (bicyclic) bond motifs is 1. The first-order valence-corrected chi connectivity index (χ1v) is 7.63. The Labute approximate surface area is 125 Å². The smallest absolute Gasteiger partial charge is 0.0937 e. The lowest BCUT2D eigenvalue weighted by Crippen LogP contribution is -2.25. The van der Waals surface area contributed by atoms with E-state index < -0.39 is 0 Å². The van der Waals surface area contributed by atoms with Crippen molar-refractivity contribution in [3.63, 3.8) is 0 Å². The molecule has 0 aliphatic carbocycles. The van der Waals surface area contributed by atoms with E-state index in [0.29, 0.717) is 0 Å². The molecule has 4 nitrogen and oxygen atoms in total. The lowest BCUT2D eigenvalue weighted by molar-refractivity contribution is 0.219. The molecule has 0 saturated heterocycles. The number of nitrogens with zero attached hydrogens (tertiary/aromatic N) is 2. The van der Waals surface area contributed by atoms with E-state index in [0.717, 1.165) is 43.4 Å². The Kier molecular flexibility index (Phi) is 4.46. The second-order valence-electron chi connectivity index (χ2n) is 5.33. The van der Waals surface area contributed by atoms with E-state index in [2.05, 4.69) is 34.3 Å². The summed E-state index contributed by atoms with van der Waals surface area (Å²) in [6, 6.07) is 6.36. The third-order valence-electron chi connectivity index (χ3n) is 3.77. The van der Waals surface area contributed by atoms with Gasteiger partial charge in [-0.3, -0.25) is 9.97 Å². The van der Waals surface area contributed by atoms with Crippen LogP contribution in [0.4, 0.5) is 0 Å². The molecule has 2 heterocycles. The minimum atomic E-state index is 0.158. The molecule has 0 fully saturated rings. The van der Waals surface area contributed by atoms with Gasteiger partial charge >= 0.3 is 0 Å². The Hall–Kier alpha value is -1.94. The predicted molar refractivity (Wildman–Crippen MR) is 83.8 cm³/mol. The van der Waals surface area contributed by atoms with Gasteiger partial charge in [-0.1, -0.05) is 19.1 Å². The van der Waals surface area contributed by atoms with Gasteiger partial charge in [-0.25, -0.2) is 0 Å². The number of nitrogens with one attached hydrogen (secondary N) is 1. The van der Waals surface area contributed by atoms with Crippen LogP contribution in [-0.4, -0.2) is 23.1 Å². The summed E-state index contributed by atoms with van der Waals surface area (Å²) in [5, 5.41) is 3.63. The van der Waals surface area contributed by atoms with Gasteiger partial charge in [0.1, 0.15) is 0 Å². The molecule has 1 aliphatic heterocycles. The monoisotopic (exact) mass is 283 g/mol. The van der Waals surface area contributed by atoms with Crippen molar-refractivity contribution >= 4 is 11.0 Å². The Morgan fingerprint density at radius 3 is 3.00 bits per heavy atom. The quantitative estimate of drug-likeness (QED) is 0.914. The second-order valence-corrected chi connectivity index (χ2v) is 5.33. The highest BCUT2D eigenvalue weighted by Crippen LogP contribution is 2.31. The Balaban J connectivity index is 2.03. The molecule has 1 atom stereocenters. The van der Waals surface area contributed by atoms with Crippen molar-refractivity contribution in [1.82, 2.24) is 15.3 Å². The van der Waals surface area contributed by atoms with Crippen LogP contribution in [0.2, 0.25) is 0 Å². The zero-order valence-corrected chi connectivity index (χ0v) is 12.4. The second kappa shape index (κ2) is 6.68. The van der Waals surface area contributed by atoms with Crippen LogP contribution in [0.15, 0.2) is 42.4 Å². The van der Waals surface area contributed by atoms with Crippen LogP contribution in [0.25, 0.3) is 11.0 Å². The first kappa shape index (κ1) is 14.0. The highest BCUT2D eigenvalue weighted by molar-refractivity contribution is 5.78. The Bertz CT molecular complexity index is 633. The number of ether oxygens (including phenoxy) is 1. The highest BCUT2D eigenvalue weighted by Gasteiger charge is 2.21. The molecule has 1 N–H and O–H groups in total. The summed E-state index contributed by atoms with van der Waals surface area (Å²) < 4.78 is 5.54. The van der Waals surface area contributed by atoms with E-state index in [1.807, 2.05) is 12.3 Å². The van der Waals surface area contributed by atoms with Crippen LogP contribution in [0.3, 0.4) is 0 Å². The number of rotatable bonds is 5. The lowest BCUT2D eigenvalue weighted by Gasteiger charge is -2.25. The van der Waals surface area contributed by atoms with Gasteiger partial charge < -0.3 is 10.1 Å². The standard InChI is InChI=1S/C17H21N3O/c1-2-8-19-16(13-5-4-11-21-12-13)14-6-3-7-15-17(14)20-10-9-18-15/h3,6-7,9-10,12,16,19H,2,4-5,8,11H2,1H3. The van der Waals surface area contributed by atoms with Gasteiger partial charge in [0.25, 0.3) is 0 Å². The zero-order valence-electron chi connectivity index (χ0n) is 12.4. The highest BCUT2D eigenvalue weighted by atomic mass is 16.5. The summed E-state index contributed by atoms with van der Waals surface area (Å²) in [5.74, 6) is 0. The van der Waals surface area contributed by atoms with Crippen molar-refractivity contribution in [1.29, 1.82) is 0 Å². The molecule has 0 amide bonds. The first-order valence-electron chi connectivity index (χ1n) is 7.63. The van der Waals surface area contributed by atoms with E-state index in [-0.39, 0.29) is 6.04 Å². The molecular formula is C17H21N3O. The predicted octanol–water partition coefficient (Wildman–Crippen LogP) is 3.36. The number of benzene rings is 1.